The number of benzene rings is 1. The maximum atomic E-state index is 12.1. The first kappa shape index (κ1) is 17.9. The molecule has 1 aliphatic rings. The molecule has 2 atom stereocenters. The van der Waals surface area contributed by atoms with E-state index in [-0.39, 0.29) is 12.1 Å². The molecule has 1 aromatic rings. The fourth-order valence-corrected chi connectivity index (χ4v) is 3.03. The Morgan fingerprint density at radius 3 is 2.78 bits per heavy atom. The summed E-state index contributed by atoms with van der Waals surface area (Å²) in [6.07, 6.45) is 4.64. The van der Waals surface area contributed by atoms with E-state index >= 15 is 0 Å². The van der Waals surface area contributed by atoms with Gasteiger partial charge in [-0.3, -0.25) is 0 Å². The van der Waals surface area contributed by atoms with Crippen LogP contribution in [0.3, 0.4) is 0 Å². The summed E-state index contributed by atoms with van der Waals surface area (Å²) in [6.45, 7) is 3.12. The number of urea groups is 1. The molecule has 1 saturated carbocycles. The predicted molar refractivity (Wildman–Crippen MR) is 92.4 cm³/mol. The second kappa shape index (κ2) is 8.99. The molecular weight excluding hydrogens is 316 g/mol. The Bertz CT molecular complexity index is 525. The zero-order valence-electron chi connectivity index (χ0n) is 13.7. The lowest BCUT2D eigenvalue weighted by Gasteiger charge is -2.29. The van der Waals surface area contributed by atoms with Crippen LogP contribution in [0.5, 0.6) is 5.75 Å². The number of rotatable bonds is 6. The van der Waals surface area contributed by atoms with Gasteiger partial charge in [-0.05, 0) is 37.0 Å². The van der Waals surface area contributed by atoms with Crippen LogP contribution in [0.25, 0.3) is 0 Å². The Morgan fingerprint density at radius 2 is 2.09 bits per heavy atom. The van der Waals surface area contributed by atoms with Gasteiger partial charge in [0.25, 0.3) is 0 Å². The van der Waals surface area contributed by atoms with E-state index in [1.807, 2.05) is 0 Å². The van der Waals surface area contributed by atoms with Crippen molar-refractivity contribution in [3.8, 4) is 5.75 Å². The molecule has 0 heterocycles. The van der Waals surface area contributed by atoms with Gasteiger partial charge >= 0.3 is 6.03 Å². The normalized spacial score (nSPS) is 20.8. The van der Waals surface area contributed by atoms with E-state index in [2.05, 4.69) is 17.6 Å². The number of hydrogen-bond acceptors (Lipinski definition) is 3. The van der Waals surface area contributed by atoms with Crippen molar-refractivity contribution in [3.05, 3.63) is 23.2 Å². The standard InChI is InChI=1S/C17H25ClN2O3/c1-12-5-3-4-6-15(12)20-17(21)19-13-7-8-16(14(18)11-13)23-10-9-22-2/h7-8,11-12,15H,3-6,9-10H2,1-2H3,(H2,19,20,21). The van der Waals surface area contributed by atoms with Crippen molar-refractivity contribution in [3.63, 3.8) is 0 Å². The molecule has 2 N–H and O–H groups in total. The molecule has 23 heavy (non-hydrogen) atoms. The van der Waals surface area contributed by atoms with Crippen LogP contribution >= 0.6 is 11.6 Å². The van der Waals surface area contributed by atoms with Crippen LogP contribution in [-0.2, 0) is 4.74 Å². The fourth-order valence-electron chi connectivity index (χ4n) is 2.80. The minimum absolute atomic E-state index is 0.187. The summed E-state index contributed by atoms with van der Waals surface area (Å²) in [7, 11) is 1.61. The van der Waals surface area contributed by atoms with Gasteiger partial charge in [0.05, 0.1) is 11.6 Å². The van der Waals surface area contributed by atoms with E-state index in [1.165, 1.54) is 19.3 Å². The molecule has 0 aliphatic heterocycles. The maximum Gasteiger partial charge on any atom is 0.319 e. The number of ether oxygens (including phenoxy) is 2. The zero-order valence-corrected chi connectivity index (χ0v) is 14.5. The molecule has 6 heteroatoms. The van der Waals surface area contributed by atoms with E-state index in [0.29, 0.717) is 35.6 Å². The van der Waals surface area contributed by atoms with Gasteiger partial charge < -0.3 is 20.1 Å². The molecule has 1 fully saturated rings. The van der Waals surface area contributed by atoms with Gasteiger partial charge in [0, 0.05) is 18.8 Å². The first-order valence-corrected chi connectivity index (χ1v) is 8.46. The first-order chi connectivity index (χ1) is 11.1. The smallest absolute Gasteiger partial charge is 0.319 e. The highest BCUT2D eigenvalue weighted by molar-refractivity contribution is 6.32. The highest BCUT2D eigenvalue weighted by Crippen LogP contribution is 2.28. The third-order valence-electron chi connectivity index (χ3n) is 4.16. The van der Waals surface area contributed by atoms with Crippen molar-refractivity contribution >= 4 is 23.3 Å². The van der Waals surface area contributed by atoms with E-state index < -0.39 is 0 Å². The minimum Gasteiger partial charge on any atom is -0.490 e. The summed E-state index contributed by atoms with van der Waals surface area (Å²) in [5, 5.41) is 6.35. The summed E-state index contributed by atoms with van der Waals surface area (Å²) >= 11 is 6.17. The number of halogens is 1. The second-order valence-electron chi connectivity index (χ2n) is 5.95. The molecule has 2 unspecified atom stereocenters. The van der Waals surface area contributed by atoms with Gasteiger partial charge in [0.2, 0.25) is 0 Å². The summed E-state index contributed by atoms with van der Waals surface area (Å²) < 4.78 is 10.4. The number of carbonyl (C=O) groups is 1. The highest BCUT2D eigenvalue weighted by Gasteiger charge is 2.22. The molecule has 1 aromatic carbocycles. The third-order valence-corrected chi connectivity index (χ3v) is 4.46. The molecular formula is C17H25ClN2O3. The van der Waals surface area contributed by atoms with Crippen molar-refractivity contribution in [2.45, 2.75) is 38.6 Å². The molecule has 0 saturated heterocycles. The number of carbonyl (C=O) groups excluding carboxylic acids is 1. The quantitative estimate of drug-likeness (QED) is 0.767. The van der Waals surface area contributed by atoms with Crippen molar-refractivity contribution in [2.75, 3.05) is 25.6 Å². The summed E-state index contributed by atoms with van der Waals surface area (Å²) in [5.41, 5.74) is 0.648. The molecule has 128 valence electrons. The van der Waals surface area contributed by atoms with Gasteiger partial charge in [-0.1, -0.05) is 31.4 Å². The van der Waals surface area contributed by atoms with E-state index in [9.17, 15) is 4.79 Å². The van der Waals surface area contributed by atoms with Gasteiger partial charge in [0.15, 0.2) is 0 Å². The van der Waals surface area contributed by atoms with Gasteiger partial charge in [-0.2, -0.15) is 0 Å². The van der Waals surface area contributed by atoms with Crippen LogP contribution in [0.15, 0.2) is 18.2 Å². The average Bonchev–Trinajstić information content (AvgIpc) is 2.52. The van der Waals surface area contributed by atoms with Crippen LogP contribution in [0, 0.1) is 5.92 Å². The van der Waals surface area contributed by atoms with Crippen LogP contribution in [-0.4, -0.2) is 32.4 Å². The number of anilines is 1. The van der Waals surface area contributed by atoms with Crippen LogP contribution < -0.4 is 15.4 Å². The topological polar surface area (TPSA) is 59.6 Å². The Labute approximate surface area is 142 Å². The van der Waals surface area contributed by atoms with E-state index in [0.717, 1.165) is 6.42 Å². The number of nitrogens with one attached hydrogen (secondary N) is 2. The summed E-state index contributed by atoms with van der Waals surface area (Å²) in [5.74, 6) is 1.10. The van der Waals surface area contributed by atoms with Crippen molar-refractivity contribution in [2.24, 2.45) is 5.92 Å². The lowest BCUT2D eigenvalue weighted by molar-refractivity contribution is 0.146. The summed E-state index contributed by atoms with van der Waals surface area (Å²) in [6, 6.07) is 5.27. The number of hydrogen-bond donors (Lipinski definition) is 2. The van der Waals surface area contributed by atoms with E-state index in [4.69, 9.17) is 21.1 Å². The highest BCUT2D eigenvalue weighted by atomic mass is 35.5. The minimum atomic E-state index is -0.187. The lowest BCUT2D eigenvalue weighted by atomic mass is 9.86. The zero-order chi connectivity index (χ0) is 16.7. The fraction of sp³-hybridized carbons (Fsp3) is 0.588. The molecule has 1 aliphatic carbocycles. The van der Waals surface area contributed by atoms with Gasteiger partial charge in [-0.25, -0.2) is 4.79 Å². The molecule has 0 bridgehead atoms. The van der Waals surface area contributed by atoms with Gasteiger partial charge in [-0.15, -0.1) is 0 Å². The second-order valence-corrected chi connectivity index (χ2v) is 6.36. The SMILES string of the molecule is COCCOc1ccc(NC(=O)NC2CCCCC2C)cc1Cl. The largest absolute Gasteiger partial charge is 0.490 e. The first-order valence-electron chi connectivity index (χ1n) is 8.09. The number of amides is 2. The Hall–Kier alpha value is -1.46. The summed E-state index contributed by atoms with van der Waals surface area (Å²) in [4.78, 5) is 12.1. The van der Waals surface area contributed by atoms with Crippen molar-refractivity contribution in [1.82, 2.24) is 5.32 Å². The maximum absolute atomic E-state index is 12.1. The van der Waals surface area contributed by atoms with Crippen LogP contribution in [0.1, 0.15) is 32.6 Å². The van der Waals surface area contributed by atoms with Gasteiger partial charge in [0.1, 0.15) is 12.4 Å². The average molecular weight is 341 g/mol. The Balaban J connectivity index is 1.86. The third kappa shape index (κ3) is 5.59. The molecule has 2 rings (SSSR count). The molecule has 0 radical (unpaired) electrons. The molecule has 5 nitrogen and oxygen atoms in total. The molecule has 0 aromatic heterocycles. The Morgan fingerprint density at radius 1 is 1.30 bits per heavy atom. The van der Waals surface area contributed by atoms with Crippen molar-refractivity contribution in [1.29, 1.82) is 0 Å². The van der Waals surface area contributed by atoms with Crippen molar-refractivity contribution < 1.29 is 14.3 Å². The van der Waals surface area contributed by atoms with Crippen LogP contribution in [0.4, 0.5) is 10.5 Å². The Kier molecular flexibility index (Phi) is 6.99. The number of methoxy groups -OCH3 is 1. The lowest BCUT2D eigenvalue weighted by Crippen LogP contribution is -2.43. The molecule has 0 spiro atoms. The predicted octanol–water partition coefficient (Wildman–Crippen LogP) is 4.07. The van der Waals surface area contributed by atoms with Crippen LogP contribution in [0.2, 0.25) is 5.02 Å². The van der Waals surface area contributed by atoms with E-state index in [1.54, 1.807) is 25.3 Å². The monoisotopic (exact) mass is 340 g/mol. The molecule has 2 amide bonds.